The number of anilines is 1. The number of hydrogen-bond donors (Lipinski definition) is 1. The lowest BCUT2D eigenvalue weighted by molar-refractivity contribution is 0.144. The van der Waals surface area contributed by atoms with Crippen LogP contribution < -0.4 is 5.32 Å². The number of pyridine rings is 1. The van der Waals surface area contributed by atoms with Gasteiger partial charge in [-0.15, -0.1) is 5.10 Å². The van der Waals surface area contributed by atoms with Crippen molar-refractivity contribution in [2.75, 3.05) is 11.9 Å². The van der Waals surface area contributed by atoms with E-state index in [1.54, 1.807) is 0 Å². The lowest BCUT2D eigenvalue weighted by atomic mass is 9.67. The second-order valence-corrected chi connectivity index (χ2v) is 5.50. The van der Waals surface area contributed by atoms with Gasteiger partial charge in [-0.3, -0.25) is 0 Å². The quantitative estimate of drug-likeness (QED) is 0.899. The molecule has 1 aliphatic rings. The molecular formula is C14H20N4. The van der Waals surface area contributed by atoms with Gasteiger partial charge in [-0.2, -0.15) is 4.98 Å². The van der Waals surface area contributed by atoms with Crippen LogP contribution in [0, 0.1) is 12.3 Å². The Bertz CT molecular complexity index is 548. The summed E-state index contributed by atoms with van der Waals surface area (Å²) in [6, 6.07) is 4.10. The highest BCUT2D eigenvalue weighted by Gasteiger charge is 2.34. The molecule has 0 saturated heterocycles. The van der Waals surface area contributed by atoms with E-state index in [4.69, 9.17) is 0 Å². The van der Waals surface area contributed by atoms with E-state index in [1.807, 2.05) is 16.8 Å². The molecule has 0 unspecified atom stereocenters. The van der Waals surface area contributed by atoms with E-state index < -0.39 is 0 Å². The zero-order valence-electron chi connectivity index (χ0n) is 11.1. The molecule has 1 N–H and O–H groups in total. The van der Waals surface area contributed by atoms with Crippen LogP contribution in [0.1, 0.15) is 38.2 Å². The Morgan fingerprint density at radius 2 is 2.28 bits per heavy atom. The molecule has 0 radical (unpaired) electrons. The van der Waals surface area contributed by atoms with Crippen molar-refractivity contribution in [1.82, 2.24) is 14.6 Å². The number of nitrogens with zero attached hydrogens (tertiary/aromatic N) is 3. The van der Waals surface area contributed by atoms with Gasteiger partial charge in [0.15, 0.2) is 5.65 Å². The van der Waals surface area contributed by atoms with Crippen molar-refractivity contribution < 1.29 is 0 Å². The van der Waals surface area contributed by atoms with E-state index in [1.165, 1.54) is 31.2 Å². The SMILES string of the molecule is CCC1(CNc2nc3cc(C)ccn3n2)CCC1. The van der Waals surface area contributed by atoms with Crippen LogP contribution in [0.4, 0.5) is 5.95 Å². The van der Waals surface area contributed by atoms with Crippen molar-refractivity contribution in [2.45, 2.75) is 39.5 Å². The molecule has 0 spiro atoms. The fourth-order valence-corrected chi connectivity index (χ4v) is 2.66. The Hall–Kier alpha value is -1.58. The van der Waals surface area contributed by atoms with Gasteiger partial charge in [0.05, 0.1) is 0 Å². The minimum atomic E-state index is 0.493. The molecule has 0 bridgehead atoms. The van der Waals surface area contributed by atoms with Gasteiger partial charge in [0, 0.05) is 12.7 Å². The van der Waals surface area contributed by atoms with Crippen molar-refractivity contribution in [3.8, 4) is 0 Å². The fourth-order valence-electron chi connectivity index (χ4n) is 2.66. The number of fused-ring (bicyclic) bond motifs is 1. The van der Waals surface area contributed by atoms with E-state index in [-0.39, 0.29) is 0 Å². The number of aryl methyl sites for hydroxylation is 1. The van der Waals surface area contributed by atoms with Crippen LogP contribution in [-0.2, 0) is 0 Å². The minimum absolute atomic E-state index is 0.493. The molecule has 0 aliphatic heterocycles. The summed E-state index contributed by atoms with van der Waals surface area (Å²) in [4.78, 5) is 4.51. The van der Waals surface area contributed by atoms with Gasteiger partial charge in [0.1, 0.15) is 0 Å². The van der Waals surface area contributed by atoms with E-state index in [0.717, 1.165) is 18.1 Å². The molecule has 96 valence electrons. The smallest absolute Gasteiger partial charge is 0.243 e. The maximum Gasteiger partial charge on any atom is 0.243 e. The number of nitrogens with one attached hydrogen (secondary N) is 1. The van der Waals surface area contributed by atoms with E-state index >= 15 is 0 Å². The number of aromatic nitrogens is 3. The Morgan fingerprint density at radius 3 is 2.94 bits per heavy atom. The molecule has 1 fully saturated rings. The molecule has 0 atom stereocenters. The average Bonchev–Trinajstić information content (AvgIpc) is 2.70. The topological polar surface area (TPSA) is 42.2 Å². The Labute approximate surface area is 107 Å². The van der Waals surface area contributed by atoms with E-state index in [9.17, 15) is 0 Å². The summed E-state index contributed by atoms with van der Waals surface area (Å²) in [6.45, 7) is 5.35. The first kappa shape index (κ1) is 11.5. The van der Waals surface area contributed by atoms with Crippen molar-refractivity contribution >= 4 is 11.6 Å². The average molecular weight is 244 g/mol. The summed E-state index contributed by atoms with van der Waals surface area (Å²) in [5.41, 5.74) is 2.62. The van der Waals surface area contributed by atoms with Crippen LogP contribution in [0.15, 0.2) is 18.3 Å². The van der Waals surface area contributed by atoms with Gasteiger partial charge in [-0.1, -0.05) is 13.3 Å². The molecule has 1 saturated carbocycles. The van der Waals surface area contributed by atoms with Crippen molar-refractivity contribution in [3.63, 3.8) is 0 Å². The Kier molecular flexibility index (Phi) is 2.73. The zero-order chi connectivity index (χ0) is 12.6. The summed E-state index contributed by atoms with van der Waals surface area (Å²) in [5, 5.41) is 7.85. The second kappa shape index (κ2) is 4.26. The molecule has 2 aromatic rings. The van der Waals surface area contributed by atoms with Gasteiger partial charge in [0.2, 0.25) is 5.95 Å². The number of rotatable bonds is 4. The van der Waals surface area contributed by atoms with E-state index in [0.29, 0.717) is 5.41 Å². The van der Waals surface area contributed by atoms with Crippen LogP contribution in [0.25, 0.3) is 5.65 Å². The third-order valence-corrected chi connectivity index (χ3v) is 4.28. The van der Waals surface area contributed by atoms with E-state index in [2.05, 4.69) is 35.3 Å². The highest BCUT2D eigenvalue weighted by Crippen LogP contribution is 2.43. The highest BCUT2D eigenvalue weighted by molar-refractivity contribution is 5.45. The Balaban J connectivity index is 1.74. The van der Waals surface area contributed by atoms with Crippen LogP contribution in [0.3, 0.4) is 0 Å². The van der Waals surface area contributed by atoms with Gasteiger partial charge in [0.25, 0.3) is 0 Å². The van der Waals surface area contributed by atoms with Crippen molar-refractivity contribution in [2.24, 2.45) is 5.41 Å². The molecule has 4 nitrogen and oxygen atoms in total. The normalized spacial score (nSPS) is 17.7. The van der Waals surface area contributed by atoms with Gasteiger partial charge >= 0.3 is 0 Å². The summed E-state index contributed by atoms with van der Waals surface area (Å²) >= 11 is 0. The third-order valence-electron chi connectivity index (χ3n) is 4.28. The predicted molar refractivity (Wildman–Crippen MR) is 72.8 cm³/mol. The van der Waals surface area contributed by atoms with Gasteiger partial charge in [-0.25, -0.2) is 4.52 Å². The van der Waals surface area contributed by atoms with Crippen LogP contribution in [0.2, 0.25) is 0 Å². The fraction of sp³-hybridized carbons (Fsp3) is 0.571. The molecule has 2 heterocycles. The van der Waals surface area contributed by atoms with Crippen molar-refractivity contribution in [3.05, 3.63) is 23.9 Å². The summed E-state index contributed by atoms with van der Waals surface area (Å²) in [6.07, 6.45) is 7.24. The molecule has 3 rings (SSSR count). The van der Waals surface area contributed by atoms with Gasteiger partial charge in [-0.05, 0) is 49.3 Å². The zero-order valence-corrected chi connectivity index (χ0v) is 11.1. The Morgan fingerprint density at radius 1 is 1.44 bits per heavy atom. The monoisotopic (exact) mass is 244 g/mol. The number of hydrogen-bond acceptors (Lipinski definition) is 3. The second-order valence-electron chi connectivity index (χ2n) is 5.50. The first-order valence-corrected chi connectivity index (χ1v) is 6.78. The standard InChI is InChI=1S/C14H20N4/c1-3-14(6-4-7-14)10-15-13-16-12-9-11(2)5-8-18(12)17-13/h5,8-9H,3-4,6-7,10H2,1-2H3,(H,15,17). The molecule has 18 heavy (non-hydrogen) atoms. The van der Waals surface area contributed by atoms with Crippen LogP contribution in [-0.4, -0.2) is 21.1 Å². The van der Waals surface area contributed by atoms with Crippen LogP contribution >= 0.6 is 0 Å². The third kappa shape index (κ3) is 1.96. The summed E-state index contributed by atoms with van der Waals surface area (Å²) < 4.78 is 1.83. The molecule has 0 aromatic carbocycles. The van der Waals surface area contributed by atoms with Crippen molar-refractivity contribution in [1.29, 1.82) is 0 Å². The molecule has 2 aromatic heterocycles. The molecule has 4 heteroatoms. The molecule has 0 amide bonds. The summed E-state index contributed by atoms with van der Waals surface area (Å²) in [7, 11) is 0. The summed E-state index contributed by atoms with van der Waals surface area (Å²) in [5.74, 6) is 0.750. The maximum atomic E-state index is 4.51. The lowest BCUT2D eigenvalue weighted by Gasteiger charge is -2.41. The first-order valence-electron chi connectivity index (χ1n) is 6.78. The highest BCUT2D eigenvalue weighted by atomic mass is 15.3. The lowest BCUT2D eigenvalue weighted by Crippen LogP contribution is -2.36. The predicted octanol–water partition coefficient (Wildman–Crippen LogP) is 3.03. The maximum absolute atomic E-state index is 4.51. The van der Waals surface area contributed by atoms with Crippen LogP contribution in [0.5, 0.6) is 0 Å². The largest absolute Gasteiger partial charge is 0.352 e. The molecular weight excluding hydrogens is 224 g/mol. The molecule has 1 aliphatic carbocycles. The first-order chi connectivity index (χ1) is 8.71. The minimum Gasteiger partial charge on any atom is -0.352 e. The van der Waals surface area contributed by atoms with Gasteiger partial charge < -0.3 is 5.32 Å².